The molecule has 4 nitrogen and oxygen atoms in total. The molecule has 0 fully saturated rings. The lowest BCUT2D eigenvalue weighted by Crippen LogP contribution is -2.01. The Morgan fingerprint density at radius 1 is 0.455 bits per heavy atom. The molecule has 0 atom stereocenters. The summed E-state index contributed by atoms with van der Waals surface area (Å²) in [6.07, 6.45) is 0. The smallest absolute Gasteiger partial charge is 0.105 e. The van der Waals surface area contributed by atoms with Crippen molar-refractivity contribution in [2.75, 3.05) is 0 Å². The molecule has 1 N–H and O–H groups in total. The monoisotopic (exact) mass is 580 g/mol. The van der Waals surface area contributed by atoms with E-state index in [0.717, 1.165) is 55.8 Å². The second-order valence-electron chi connectivity index (χ2n) is 10.9. The fraction of sp³-hybridized carbons (Fsp3) is 0. The third kappa shape index (κ3) is 3.80. The van der Waals surface area contributed by atoms with Gasteiger partial charge in [0, 0.05) is 58.7 Å². The molecule has 3 aromatic heterocycles. The molecule has 0 saturated heterocycles. The van der Waals surface area contributed by atoms with Gasteiger partial charge in [-0.1, -0.05) is 121 Å². The summed E-state index contributed by atoms with van der Waals surface area (Å²) < 4.78 is 2.48. The van der Waals surface area contributed by atoms with Crippen molar-refractivity contribution < 1.29 is 0 Å². The fourth-order valence-corrected chi connectivity index (χ4v) is 7.70. The Morgan fingerprint density at radius 3 is 2.00 bits per heavy atom. The Kier molecular flexibility index (Phi) is 5.64. The van der Waals surface area contributed by atoms with Gasteiger partial charge in [0.15, 0.2) is 0 Å². The summed E-state index contributed by atoms with van der Waals surface area (Å²) in [6.45, 7) is 0. The molecule has 0 bridgehead atoms. The number of aromatic amines is 1. The summed E-state index contributed by atoms with van der Waals surface area (Å²) in [5.41, 5.74) is 10.2. The van der Waals surface area contributed by atoms with E-state index in [1.165, 1.54) is 30.9 Å². The van der Waals surface area contributed by atoms with E-state index in [-0.39, 0.29) is 0 Å². The molecule has 206 valence electrons. The van der Waals surface area contributed by atoms with E-state index in [0.29, 0.717) is 0 Å². The number of nitrogens with one attached hydrogen (secondary N) is 1. The molecule has 9 rings (SSSR count). The molecule has 0 unspecified atom stereocenters. The molecular formula is C39H24N4S. The van der Waals surface area contributed by atoms with Crippen molar-refractivity contribution in [1.29, 1.82) is 0 Å². The molecule has 0 saturated carbocycles. The summed E-state index contributed by atoms with van der Waals surface area (Å²) in [4.78, 5) is 3.71. The number of rotatable bonds is 4. The van der Waals surface area contributed by atoms with Crippen molar-refractivity contribution in [3.63, 3.8) is 0 Å². The number of hydrogen-bond acceptors (Lipinski definition) is 4. The van der Waals surface area contributed by atoms with E-state index in [9.17, 15) is 0 Å². The summed E-state index contributed by atoms with van der Waals surface area (Å²) in [5.74, 6) is 0. The molecule has 5 heteroatoms. The van der Waals surface area contributed by atoms with E-state index in [2.05, 4.69) is 132 Å². The zero-order valence-electron chi connectivity index (χ0n) is 23.5. The van der Waals surface area contributed by atoms with Crippen LogP contribution in [-0.4, -0.2) is 20.4 Å². The first-order valence-corrected chi connectivity index (χ1v) is 15.5. The van der Waals surface area contributed by atoms with Crippen LogP contribution < -0.4 is 0 Å². The number of thiophene rings is 1. The largest absolute Gasteiger partial charge is 0.354 e. The molecule has 44 heavy (non-hydrogen) atoms. The van der Waals surface area contributed by atoms with E-state index in [1.807, 2.05) is 29.5 Å². The van der Waals surface area contributed by atoms with Gasteiger partial charge in [0.2, 0.25) is 0 Å². The second kappa shape index (κ2) is 9.97. The topological polar surface area (TPSA) is 54.5 Å². The van der Waals surface area contributed by atoms with Crippen molar-refractivity contribution in [1.82, 2.24) is 20.4 Å². The van der Waals surface area contributed by atoms with Gasteiger partial charge >= 0.3 is 0 Å². The van der Waals surface area contributed by atoms with Crippen LogP contribution in [0.1, 0.15) is 0 Å². The lowest BCUT2D eigenvalue weighted by Gasteiger charge is -2.17. The summed E-state index contributed by atoms with van der Waals surface area (Å²) >= 11 is 1.81. The van der Waals surface area contributed by atoms with E-state index < -0.39 is 0 Å². The fourth-order valence-electron chi connectivity index (χ4n) is 6.57. The Balaban J connectivity index is 1.39. The number of nitrogens with zero attached hydrogens (tertiary/aromatic N) is 3. The minimum Gasteiger partial charge on any atom is -0.354 e. The van der Waals surface area contributed by atoms with E-state index in [1.54, 1.807) is 0 Å². The van der Waals surface area contributed by atoms with Crippen LogP contribution in [0.25, 0.3) is 86.7 Å². The van der Waals surface area contributed by atoms with Gasteiger partial charge in [-0.3, -0.25) is 0 Å². The molecule has 0 radical (unpaired) electrons. The van der Waals surface area contributed by atoms with Gasteiger partial charge in [0.1, 0.15) is 11.4 Å². The highest BCUT2D eigenvalue weighted by Crippen LogP contribution is 2.46. The van der Waals surface area contributed by atoms with E-state index >= 15 is 0 Å². The molecule has 0 aliphatic carbocycles. The number of fused-ring (bicyclic) bond motifs is 6. The highest BCUT2D eigenvalue weighted by molar-refractivity contribution is 7.25. The van der Waals surface area contributed by atoms with Crippen molar-refractivity contribution in [2.24, 2.45) is 0 Å². The standard InChI is InChI=1S/C39H24N4S/c1-2-12-24(13-3-1)37-36(39(42-43-41-37)31-20-11-23-34-35(31)30-17-7-9-22-33(30)44-34)27-16-5-4-14-25(27)28-18-10-19-29-26-15-6-8-21-32(26)40-38(28)29/h1-23,40H. The van der Waals surface area contributed by atoms with Crippen LogP contribution in [-0.2, 0) is 0 Å². The lowest BCUT2D eigenvalue weighted by molar-refractivity contribution is 0.879. The minimum atomic E-state index is 0.809. The van der Waals surface area contributed by atoms with Gasteiger partial charge in [0.25, 0.3) is 0 Å². The van der Waals surface area contributed by atoms with Crippen LogP contribution in [0, 0.1) is 0 Å². The molecule has 3 heterocycles. The zero-order chi connectivity index (χ0) is 29.0. The summed E-state index contributed by atoms with van der Waals surface area (Å²) in [7, 11) is 0. The first-order chi connectivity index (χ1) is 21.8. The van der Waals surface area contributed by atoms with Crippen molar-refractivity contribution in [2.45, 2.75) is 0 Å². The summed E-state index contributed by atoms with van der Waals surface area (Å²) in [5, 5.41) is 18.7. The first kappa shape index (κ1) is 24.9. The predicted molar refractivity (Wildman–Crippen MR) is 184 cm³/mol. The third-order valence-electron chi connectivity index (χ3n) is 8.50. The Labute approximate surface area is 257 Å². The zero-order valence-corrected chi connectivity index (χ0v) is 24.3. The maximum Gasteiger partial charge on any atom is 0.105 e. The van der Waals surface area contributed by atoms with Gasteiger partial charge in [-0.05, 0) is 34.5 Å². The minimum absolute atomic E-state index is 0.809. The van der Waals surface area contributed by atoms with Crippen molar-refractivity contribution in [3.05, 3.63) is 140 Å². The molecule has 6 aromatic carbocycles. The van der Waals surface area contributed by atoms with Gasteiger partial charge in [-0.25, -0.2) is 0 Å². The molecule has 0 spiro atoms. The summed E-state index contributed by atoms with van der Waals surface area (Å²) in [6, 6.07) is 49.0. The average molecular weight is 581 g/mol. The lowest BCUT2D eigenvalue weighted by atomic mass is 9.88. The second-order valence-corrected chi connectivity index (χ2v) is 12.0. The van der Waals surface area contributed by atoms with Crippen molar-refractivity contribution >= 4 is 53.3 Å². The number of para-hydroxylation sites is 2. The highest BCUT2D eigenvalue weighted by Gasteiger charge is 2.24. The van der Waals surface area contributed by atoms with Gasteiger partial charge in [-0.15, -0.1) is 21.5 Å². The normalized spacial score (nSPS) is 11.6. The van der Waals surface area contributed by atoms with E-state index in [4.69, 9.17) is 10.2 Å². The van der Waals surface area contributed by atoms with Crippen LogP contribution >= 0.6 is 11.3 Å². The first-order valence-electron chi connectivity index (χ1n) is 14.6. The van der Waals surface area contributed by atoms with Gasteiger partial charge in [0.05, 0.1) is 5.52 Å². The Bertz CT molecular complexity index is 2510. The average Bonchev–Trinajstić information content (AvgIpc) is 3.67. The molecule has 0 aliphatic rings. The number of benzene rings is 6. The van der Waals surface area contributed by atoms with Crippen LogP contribution in [0.5, 0.6) is 0 Å². The van der Waals surface area contributed by atoms with Crippen molar-refractivity contribution in [3.8, 4) is 44.8 Å². The van der Waals surface area contributed by atoms with Crippen LogP contribution in [0.3, 0.4) is 0 Å². The van der Waals surface area contributed by atoms with Crippen LogP contribution in [0.15, 0.2) is 140 Å². The maximum atomic E-state index is 4.82. The maximum absolute atomic E-state index is 4.82. The molecule has 9 aromatic rings. The Hall–Kier alpha value is -5.65. The SMILES string of the molecule is c1ccc(-c2nnnc(-c3cccc4sc5ccccc5c34)c2-c2ccccc2-c2cccc3c2[nH]c2ccccc23)cc1. The number of hydrogen-bond donors (Lipinski definition) is 1. The van der Waals surface area contributed by atoms with Crippen LogP contribution in [0.2, 0.25) is 0 Å². The third-order valence-corrected chi connectivity index (χ3v) is 9.63. The Morgan fingerprint density at radius 2 is 1.09 bits per heavy atom. The van der Waals surface area contributed by atoms with Gasteiger partial charge in [-0.2, -0.15) is 0 Å². The number of H-pyrrole nitrogens is 1. The van der Waals surface area contributed by atoms with Gasteiger partial charge < -0.3 is 4.98 Å². The molecular weight excluding hydrogens is 557 g/mol. The quantitative estimate of drug-likeness (QED) is 0.225. The van der Waals surface area contributed by atoms with Crippen LogP contribution in [0.4, 0.5) is 0 Å². The number of aromatic nitrogens is 4. The highest BCUT2D eigenvalue weighted by atomic mass is 32.1. The molecule has 0 amide bonds. The predicted octanol–water partition coefficient (Wildman–Crippen LogP) is 10.5. The molecule has 0 aliphatic heterocycles.